The second kappa shape index (κ2) is 6.76. The molecule has 0 unspecified atom stereocenters. The number of aromatic hydroxyl groups is 1. The number of phenols is 1. The maximum Gasteiger partial charge on any atom is 0.226 e. The van der Waals surface area contributed by atoms with E-state index in [1.807, 2.05) is 6.07 Å². The minimum atomic E-state index is -0.0180. The number of carbonyl (C=O) groups is 1. The fourth-order valence-corrected chi connectivity index (χ4v) is 6.25. The number of hydrogen-bond donors (Lipinski definition) is 2. The van der Waals surface area contributed by atoms with Gasteiger partial charge >= 0.3 is 0 Å². The van der Waals surface area contributed by atoms with Crippen LogP contribution in [0.5, 0.6) is 5.75 Å². The zero-order valence-electron chi connectivity index (χ0n) is 18.1. The van der Waals surface area contributed by atoms with Gasteiger partial charge in [-0.3, -0.25) is 4.79 Å². The van der Waals surface area contributed by atoms with Crippen molar-refractivity contribution in [3.8, 4) is 5.75 Å². The maximum absolute atomic E-state index is 13.6. The number of rotatable bonds is 3. The molecule has 0 spiro atoms. The Kier molecular flexibility index (Phi) is 4.77. The lowest BCUT2D eigenvalue weighted by atomic mass is 9.51. The molecule has 1 aromatic carbocycles. The highest BCUT2D eigenvalue weighted by Gasteiger charge is 2.57. The summed E-state index contributed by atoms with van der Waals surface area (Å²) >= 11 is 0. The predicted molar refractivity (Wildman–Crippen MR) is 112 cm³/mol. The normalized spacial score (nSPS) is 33.8. The topological polar surface area (TPSA) is 52.6 Å². The van der Waals surface area contributed by atoms with E-state index in [-0.39, 0.29) is 22.8 Å². The van der Waals surface area contributed by atoms with E-state index in [2.05, 4.69) is 50.9 Å². The summed E-state index contributed by atoms with van der Waals surface area (Å²) < 4.78 is 0. The zero-order chi connectivity index (χ0) is 20.3. The van der Waals surface area contributed by atoms with E-state index in [1.165, 1.54) is 5.56 Å². The Hall–Kier alpha value is -1.55. The van der Waals surface area contributed by atoms with Crippen molar-refractivity contribution < 1.29 is 9.90 Å². The summed E-state index contributed by atoms with van der Waals surface area (Å²) in [5, 5.41) is 14.2. The van der Waals surface area contributed by atoms with Crippen LogP contribution >= 0.6 is 0 Å². The smallest absolute Gasteiger partial charge is 0.226 e. The van der Waals surface area contributed by atoms with Crippen LogP contribution in [0.4, 0.5) is 0 Å². The Morgan fingerprint density at radius 2 is 2.00 bits per heavy atom. The first-order chi connectivity index (χ1) is 13.1. The monoisotopic (exact) mass is 384 g/mol. The number of phenolic OH excluding ortho intramolecular Hbond substituents is 1. The van der Waals surface area contributed by atoms with Gasteiger partial charge in [0, 0.05) is 36.0 Å². The van der Waals surface area contributed by atoms with Crippen molar-refractivity contribution in [2.24, 2.45) is 11.3 Å². The summed E-state index contributed by atoms with van der Waals surface area (Å²) in [7, 11) is 0. The fraction of sp³-hybridized carbons (Fsp3) is 0.708. The molecular weight excluding hydrogens is 348 g/mol. The minimum absolute atomic E-state index is 0.0157. The molecule has 2 N–H and O–H groups in total. The SMILES string of the molecule is CC(C)N[C@@H]1CC[C@@H](C(=O)N2CC[C@@]3(C)c4cccc(O)c4C[C@@H]2C3(C)C)C1. The Labute approximate surface area is 169 Å². The second-order valence-electron chi connectivity index (χ2n) is 10.4. The fourth-order valence-electron chi connectivity index (χ4n) is 6.25. The number of amides is 1. The van der Waals surface area contributed by atoms with Crippen molar-refractivity contribution in [2.45, 2.75) is 90.3 Å². The number of carbonyl (C=O) groups excluding carboxylic acids is 1. The van der Waals surface area contributed by atoms with Gasteiger partial charge in [-0.2, -0.15) is 0 Å². The summed E-state index contributed by atoms with van der Waals surface area (Å²) in [4.78, 5) is 15.7. The molecule has 1 saturated heterocycles. The zero-order valence-corrected chi connectivity index (χ0v) is 18.1. The first kappa shape index (κ1) is 19.8. The molecule has 28 heavy (non-hydrogen) atoms. The van der Waals surface area contributed by atoms with Crippen LogP contribution in [0.2, 0.25) is 0 Å². The molecule has 1 amide bonds. The van der Waals surface area contributed by atoms with Gasteiger partial charge in [0.2, 0.25) is 5.91 Å². The first-order valence-electron chi connectivity index (χ1n) is 11.0. The predicted octanol–water partition coefficient (Wildman–Crippen LogP) is 4.00. The quantitative estimate of drug-likeness (QED) is 0.828. The highest BCUT2D eigenvalue weighted by atomic mass is 16.3. The molecule has 4 rings (SSSR count). The van der Waals surface area contributed by atoms with Crippen LogP contribution in [0.25, 0.3) is 0 Å². The number of likely N-dealkylation sites (tertiary alicyclic amines) is 1. The molecule has 2 bridgehead atoms. The number of benzene rings is 1. The molecule has 3 aliphatic rings. The van der Waals surface area contributed by atoms with Gasteiger partial charge in [0.1, 0.15) is 5.75 Å². The van der Waals surface area contributed by atoms with E-state index in [9.17, 15) is 9.90 Å². The highest BCUT2D eigenvalue weighted by molar-refractivity contribution is 5.80. The first-order valence-corrected chi connectivity index (χ1v) is 11.0. The summed E-state index contributed by atoms with van der Waals surface area (Å²) in [6.07, 6.45) is 4.76. The van der Waals surface area contributed by atoms with Crippen LogP contribution in [-0.4, -0.2) is 40.6 Å². The average Bonchev–Trinajstić information content (AvgIpc) is 3.06. The van der Waals surface area contributed by atoms with E-state index in [0.717, 1.165) is 44.2 Å². The largest absolute Gasteiger partial charge is 0.508 e. The van der Waals surface area contributed by atoms with Crippen molar-refractivity contribution in [2.75, 3.05) is 6.54 Å². The lowest BCUT2D eigenvalue weighted by Gasteiger charge is -2.61. The van der Waals surface area contributed by atoms with E-state index in [4.69, 9.17) is 0 Å². The molecule has 1 saturated carbocycles. The van der Waals surface area contributed by atoms with E-state index in [0.29, 0.717) is 23.7 Å². The third kappa shape index (κ3) is 2.87. The van der Waals surface area contributed by atoms with E-state index >= 15 is 0 Å². The van der Waals surface area contributed by atoms with Crippen LogP contribution in [0, 0.1) is 11.3 Å². The molecule has 4 atom stereocenters. The number of nitrogens with one attached hydrogen (secondary N) is 1. The average molecular weight is 385 g/mol. The lowest BCUT2D eigenvalue weighted by molar-refractivity contribution is -0.148. The van der Waals surface area contributed by atoms with Gasteiger partial charge in [-0.25, -0.2) is 0 Å². The summed E-state index contributed by atoms with van der Waals surface area (Å²) in [5.74, 6) is 0.870. The molecule has 1 aliphatic heterocycles. The Balaban J connectivity index is 1.61. The van der Waals surface area contributed by atoms with Gasteiger partial charge in [0.25, 0.3) is 0 Å². The van der Waals surface area contributed by atoms with E-state index < -0.39 is 0 Å². The Morgan fingerprint density at radius 1 is 1.25 bits per heavy atom. The Bertz CT molecular complexity index is 772. The molecule has 4 nitrogen and oxygen atoms in total. The van der Waals surface area contributed by atoms with Crippen molar-refractivity contribution in [3.05, 3.63) is 29.3 Å². The van der Waals surface area contributed by atoms with Gasteiger partial charge in [0.05, 0.1) is 0 Å². The van der Waals surface area contributed by atoms with Crippen LogP contribution in [0.1, 0.15) is 71.4 Å². The number of fused-ring (bicyclic) bond motifs is 4. The molecular formula is C24H36N2O2. The number of hydrogen-bond acceptors (Lipinski definition) is 3. The van der Waals surface area contributed by atoms with Crippen molar-refractivity contribution >= 4 is 5.91 Å². The molecule has 2 aliphatic carbocycles. The second-order valence-corrected chi connectivity index (χ2v) is 10.4. The van der Waals surface area contributed by atoms with Crippen molar-refractivity contribution in [1.82, 2.24) is 10.2 Å². The van der Waals surface area contributed by atoms with Crippen molar-refractivity contribution in [3.63, 3.8) is 0 Å². The van der Waals surface area contributed by atoms with E-state index in [1.54, 1.807) is 6.07 Å². The van der Waals surface area contributed by atoms with Gasteiger partial charge in [0.15, 0.2) is 0 Å². The van der Waals surface area contributed by atoms with Crippen LogP contribution in [0.3, 0.4) is 0 Å². The number of nitrogens with zero attached hydrogens (tertiary/aromatic N) is 1. The number of piperidine rings is 1. The van der Waals surface area contributed by atoms with Gasteiger partial charge in [-0.05, 0) is 54.7 Å². The third-order valence-electron chi connectivity index (χ3n) is 8.26. The summed E-state index contributed by atoms with van der Waals surface area (Å²) in [6, 6.07) is 7.02. The molecule has 154 valence electrons. The van der Waals surface area contributed by atoms with Gasteiger partial charge in [-0.15, -0.1) is 0 Å². The van der Waals surface area contributed by atoms with Crippen LogP contribution in [-0.2, 0) is 16.6 Å². The molecule has 2 fully saturated rings. The summed E-state index contributed by atoms with van der Waals surface area (Å²) in [6.45, 7) is 12.2. The van der Waals surface area contributed by atoms with Gasteiger partial charge < -0.3 is 15.3 Å². The van der Waals surface area contributed by atoms with Crippen molar-refractivity contribution in [1.29, 1.82) is 0 Å². The van der Waals surface area contributed by atoms with Crippen LogP contribution < -0.4 is 5.32 Å². The molecule has 1 aromatic rings. The Morgan fingerprint density at radius 3 is 2.71 bits per heavy atom. The summed E-state index contributed by atoms with van der Waals surface area (Å²) in [5.41, 5.74) is 2.30. The standard InChI is InChI=1S/C24H36N2O2/c1-15(2)25-17-10-9-16(13-17)22(28)26-12-11-24(5)19-7-6-8-20(27)18(19)14-21(26)23(24,3)4/h6-8,15-17,21,25,27H,9-14H2,1-5H3/t16-,17-,21-,24+/m1/s1. The molecule has 0 aromatic heterocycles. The van der Waals surface area contributed by atoms with Crippen LogP contribution in [0.15, 0.2) is 18.2 Å². The highest BCUT2D eigenvalue weighted by Crippen LogP contribution is 2.57. The minimum Gasteiger partial charge on any atom is -0.508 e. The maximum atomic E-state index is 13.6. The lowest BCUT2D eigenvalue weighted by Crippen LogP contribution is -2.65. The van der Waals surface area contributed by atoms with Gasteiger partial charge in [-0.1, -0.05) is 46.8 Å². The molecule has 4 heteroatoms. The third-order valence-corrected chi connectivity index (χ3v) is 8.26. The molecule has 0 radical (unpaired) electrons. The molecule has 1 heterocycles.